The van der Waals surface area contributed by atoms with Crippen molar-refractivity contribution in [3.8, 4) is 11.3 Å². The summed E-state index contributed by atoms with van der Waals surface area (Å²) >= 11 is 0. The summed E-state index contributed by atoms with van der Waals surface area (Å²) in [7, 11) is 0. The maximum Gasteiger partial charge on any atom is 0.410 e. The number of fused-ring (bicyclic) bond motifs is 1. The molecule has 1 aromatic carbocycles. The van der Waals surface area contributed by atoms with Gasteiger partial charge in [-0.25, -0.2) is 4.79 Å². The average molecular weight is 709 g/mol. The Morgan fingerprint density at radius 3 is 2.42 bits per heavy atom. The van der Waals surface area contributed by atoms with Gasteiger partial charge < -0.3 is 19.9 Å². The minimum atomic E-state index is -0.984. The zero-order valence-corrected chi connectivity index (χ0v) is 29.8. The van der Waals surface area contributed by atoms with Gasteiger partial charge in [0.2, 0.25) is 11.8 Å². The van der Waals surface area contributed by atoms with Crippen molar-refractivity contribution in [1.82, 2.24) is 29.9 Å². The van der Waals surface area contributed by atoms with Crippen LogP contribution in [0.2, 0.25) is 0 Å². The maximum absolute atomic E-state index is 13.2. The summed E-state index contributed by atoms with van der Waals surface area (Å²) in [5.74, 6) is -1.20. The number of hydrogen-bond acceptors (Lipinski definition) is 10. The molecule has 3 aromatic rings. The van der Waals surface area contributed by atoms with Crippen LogP contribution in [0.1, 0.15) is 97.7 Å². The van der Waals surface area contributed by atoms with Crippen LogP contribution in [0.5, 0.6) is 0 Å². The molecule has 0 spiro atoms. The molecule has 5 amide bonds. The van der Waals surface area contributed by atoms with Gasteiger partial charge in [-0.2, -0.15) is 5.10 Å². The topological polar surface area (TPSA) is 159 Å². The number of anilines is 2. The first kappa shape index (κ1) is 33.9. The molecule has 2 aliphatic carbocycles. The van der Waals surface area contributed by atoms with Crippen LogP contribution in [0.25, 0.3) is 11.3 Å². The first-order chi connectivity index (χ1) is 24.9. The molecule has 2 saturated carbocycles. The fourth-order valence-corrected chi connectivity index (χ4v) is 7.68. The Balaban J connectivity index is 0.901. The Kier molecular flexibility index (Phi) is 8.50. The number of carbonyl (C=O) groups is 5. The lowest BCUT2D eigenvalue weighted by atomic mass is 9.80. The Bertz CT molecular complexity index is 1950. The fourth-order valence-electron chi connectivity index (χ4n) is 7.68. The summed E-state index contributed by atoms with van der Waals surface area (Å²) in [6, 6.07) is 8.46. The highest BCUT2D eigenvalue weighted by atomic mass is 16.6. The molecule has 4 fully saturated rings. The third kappa shape index (κ3) is 6.50. The van der Waals surface area contributed by atoms with Crippen LogP contribution in [-0.4, -0.2) is 98.7 Å². The van der Waals surface area contributed by atoms with E-state index in [1.54, 1.807) is 23.1 Å². The second kappa shape index (κ2) is 13.1. The molecule has 2 saturated heterocycles. The van der Waals surface area contributed by atoms with Gasteiger partial charge in [-0.1, -0.05) is 0 Å². The van der Waals surface area contributed by atoms with E-state index in [0.717, 1.165) is 58.9 Å². The zero-order valence-electron chi connectivity index (χ0n) is 29.8. The second-order valence-corrected chi connectivity index (χ2v) is 15.6. The molecule has 0 bridgehead atoms. The van der Waals surface area contributed by atoms with E-state index in [1.165, 1.54) is 0 Å². The zero-order chi connectivity index (χ0) is 36.3. The molecule has 1 unspecified atom stereocenters. The highest BCUT2D eigenvalue weighted by Gasteiger charge is 2.45. The lowest BCUT2D eigenvalue weighted by Crippen LogP contribution is -2.54. The molecule has 14 nitrogen and oxygen atoms in total. The Hall–Kier alpha value is -5.27. The number of nitrogens with zero attached hydrogens (tertiary/aromatic N) is 6. The van der Waals surface area contributed by atoms with E-state index in [0.29, 0.717) is 44.6 Å². The number of benzene rings is 1. The van der Waals surface area contributed by atoms with E-state index in [4.69, 9.17) is 14.8 Å². The minimum Gasteiger partial charge on any atom is -0.444 e. The van der Waals surface area contributed by atoms with E-state index in [1.807, 2.05) is 33.0 Å². The van der Waals surface area contributed by atoms with Crippen LogP contribution in [0.4, 0.5) is 16.2 Å². The quantitative estimate of drug-likeness (QED) is 0.323. The number of carbonyl (C=O) groups excluding carboxylic acids is 5. The number of rotatable bonds is 8. The number of pyridine rings is 1. The molecule has 8 rings (SSSR count). The van der Waals surface area contributed by atoms with E-state index in [2.05, 4.69) is 32.5 Å². The number of imide groups is 2. The predicted octanol–water partition coefficient (Wildman–Crippen LogP) is 4.34. The van der Waals surface area contributed by atoms with Gasteiger partial charge in [-0.15, -0.1) is 0 Å². The number of hydrogen-bond donors (Lipinski definition) is 2. The largest absolute Gasteiger partial charge is 0.444 e. The Labute approximate surface area is 301 Å². The lowest BCUT2D eigenvalue weighted by molar-refractivity contribution is -0.136. The van der Waals surface area contributed by atoms with Crippen LogP contribution >= 0.6 is 0 Å². The first-order valence-corrected chi connectivity index (χ1v) is 18.3. The Morgan fingerprint density at radius 1 is 0.962 bits per heavy atom. The van der Waals surface area contributed by atoms with E-state index in [9.17, 15) is 24.0 Å². The molecule has 14 heteroatoms. The summed E-state index contributed by atoms with van der Waals surface area (Å²) < 4.78 is 7.72. The minimum absolute atomic E-state index is 0.0845. The molecule has 52 heavy (non-hydrogen) atoms. The third-order valence-electron chi connectivity index (χ3n) is 10.7. The van der Waals surface area contributed by atoms with Gasteiger partial charge in [0.25, 0.3) is 11.8 Å². The molecule has 5 aliphatic rings. The fraction of sp³-hybridized carbons (Fsp3) is 0.500. The third-order valence-corrected chi connectivity index (χ3v) is 10.7. The van der Waals surface area contributed by atoms with Crippen LogP contribution in [0.3, 0.4) is 0 Å². The van der Waals surface area contributed by atoms with Gasteiger partial charge >= 0.3 is 6.09 Å². The van der Waals surface area contributed by atoms with Gasteiger partial charge in [-0.05, 0) is 89.1 Å². The Morgan fingerprint density at radius 2 is 1.71 bits per heavy atom. The van der Waals surface area contributed by atoms with E-state index in [-0.39, 0.29) is 36.1 Å². The summed E-state index contributed by atoms with van der Waals surface area (Å²) in [5.41, 5.74) is 4.92. The van der Waals surface area contributed by atoms with Gasteiger partial charge in [0.05, 0.1) is 34.2 Å². The SMILES string of the molecule is CC(C)(C)OC(=O)N1CCN(c2cccnc2-c2cn([C@H]3C[C@H](CNc4ccc5c(c4)C(=O)N(C4CCC(=O)NC4=O)C5=O)C3)nc2C2CC2)CC1. The van der Waals surface area contributed by atoms with Gasteiger partial charge in [0.15, 0.2) is 0 Å². The van der Waals surface area contributed by atoms with E-state index < -0.39 is 35.3 Å². The predicted molar refractivity (Wildman–Crippen MR) is 191 cm³/mol. The monoisotopic (exact) mass is 708 g/mol. The van der Waals surface area contributed by atoms with Crippen molar-refractivity contribution in [2.75, 3.05) is 42.9 Å². The van der Waals surface area contributed by atoms with Crippen molar-refractivity contribution in [2.24, 2.45) is 5.92 Å². The number of nitrogens with one attached hydrogen (secondary N) is 2. The smallest absolute Gasteiger partial charge is 0.410 e. The van der Waals surface area contributed by atoms with Crippen LogP contribution in [-0.2, 0) is 14.3 Å². The number of piperazine rings is 1. The highest BCUT2D eigenvalue weighted by Crippen LogP contribution is 2.47. The molecule has 272 valence electrons. The first-order valence-electron chi connectivity index (χ1n) is 18.3. The number of aromatic nitrogens is 3. The summed E-state index contributed by atoms with van der Waals surface area (Å²) in [5, 5.41) is 10.8. The van der Waals surface area contributed by atoms with Crippen LogP contribution in [0.15, 0.2) is 42.7 Å². The van der Waals surface area contributed by atoms with Crippen molar-refractivity contribution >= 4 is 41.1 Å². The van der Waals surface area contributed by atoms with Crippen molar-refractivity contribution in [1.29, 1.82) is 0 Å². The summed E-state index contributed by atoms with van der Waals surface area (Å²) in [6.07, 6.45) is 8.09. The molecular weight excluding hydrogens is 664 g/mol. The average Bonchev–Trinajstić information content (AvgIpc) is 3.80. The van der Waals surface area contributed by atoms with Crippen molar-refractivity contribution < 1.29 is 28.7 Å². The molecule has 2 aromatic heterocycles. The number of amides is 5. The summed E-state index contributed by atoms with van der Waals surface area (Å²) in [4.78, 5) is 72.9. The summed E-state index contributed by atoms with van der Waals surface area (Å²) in [6.45, 7) is 8.89. The maximum atomic E-state index is 13.2. The van der Waals surface area contributed by atoms with Gasteiger partial charge in [0.1, 0.15) is 11.6 Å². The van der Waals surface area contributed by atoms with Gasteiger partial charge in [0, 0.05) is 68.7 Å². The molecule has 5 heterocycles. The lowest BCUT2D eigenvalue weighted by Gasteiger charge is -2.37. The molecule has 1 atom stereocenters. The molecule has 3 aliphatic heterocycles. The number of ether oxygens (including phenoxy) is 1. The van der Waals surface area contributed by atoms with Crippen molar-refractivity contribution in [3.05, 3.63) is 59.5 Å². The molecule has 0 radical (unpaired) electrons. The van der Waals surface area contributed by atoms with Crippen LogP contribution < -0.4 is 15.5 Å². The van der Waals surface area contributed by atoms with Gasteiger partial charge in [-0.3, -0.25) is 39.1 Å². The highest BCUT2D eigenvalue weighted by molar-refractivity contribution is 6.23. The number of piperidine rings is 1. The molecule has 2 N–H and O–H groups in total. The standard InChI is InChI=1S/C38H44N8O6/c1-38(2,3)52-37(51)44-15-13-43(14-16-44)29-5-4-12-39-33(29)28-21-45(42-32(28)23-6-7-23)25-17-22(18-25)20-40-24-8-9-26-27(19-24)36(50)46(35(26)49)30-10-11-31(47)41-34(30)48/h4-5,8-9,12,19,21-23,25,30,40H,6-7,10-11,13-18,20H2,1-3H3,(H,41,47,48)/t22-,25-,30?. The second-order valence-electron chi connectivity index (χ2n) is 15.6. The molecular formula is C38H44N8O6. The normalized spacial score (nSPS) is 23.4. The van der Waals surface area contributed by atoms with Crippen LogP contribution in [0, 0.1) is 5.92 Å². The van der Waals surface area contributed by atoms with Crippen molar-refractivity contribution in [2.45, 2.75) is 82.9 Å². The van der Waals surface area contributed by atoms with E-state index >= 15 is 0 Å². The van der Waals surface area contributed by atoms with Crippen molar-refractivity contribution in [3.63, 3.8) is 0 Å².